The van der Waals surface area contributed by atoms with Gasteiger partial charge in [0.05, 0.1) is 11.7 Å². The normalized spacial score (nSPS) is 34.5. The van der Waals surface area contributed by atoms with Crippen molar-refractivity contribution >= 4 is 12.0 Å². The van der Waals surface area contributed by atoms with Crippen LogP contribution in [-0.4, -0.2) is 63.2 Å². The zero-order chi connectivity index (χ0) is 20.0. The summed E-state index contributed by atoms with van der Waals surface area (Å²) >= 11 is 0. The van der Waals surface area contributed by atoms with E-state index in [1.54, 1.807) is 6.07 Å². The molecule has 3 heterocycles. The maximum absolute atomic E-state index is 14.8. The maximum Gasteiger partial charge on any atom is 0.146 e. The molecule has 0 bridgehead atoms. The largest absolute Gasteiger partial charge is 0.379 e. The molecule has 2 saturated heterocycles. The number of rotatable bonds is 3. The van der Waals surface area contributed by atoms with Crippen LogP contribution in [0.25, 0.3) is 0 Å². The van der Waals surface area contributed by atoms with E-state index in [9.17, 15) is 29.6 Å². The number of aliphatic hydroxyl groups excluding tert-OH is 4. The molecular formula is C19H26FN3O5. The molecule has 0 saturated carbocycles. The number of fused-ring (bicyclic) bond motifs is 1. The lowest BCUT2D eigenvalue weighted by molar-refractivity contribution is -0.159. The summed E-state index contributed by atoms with van der Waals surface area (Å²) in [6.07, 6.45) is -1.46. The number of nitrogens with zero attached hydrogens (tertiary/aromatic N) is 2. The van der Waals surface area contributed by atoms with Gasteiger partial charge in [0.1, 0.15) is 37.0 Å². The molecule has 0 spiro atoms. The summed E-state index contributed by atoms with van der Waals surface area (Å²) in [5.41, 5.74) is 1.02. The van der Waals surface area contributed by atoms with Gasteiger partial charge in [0.2, 0.25) is 0 Å². The third-order valence-corrected chi connectivity index (χ3v) is 6.19. The summed E-state index contributed by atoms with van der Waals surface area (Å²) < 4.78 is 14.8. The minimum Gasteiger partial charge on any atom is -0.379 e. The minimum atomic E-state index is -1.26. The molecule has 154 valence electrons. The monoisotopic (exact) mass is 395 g/mol. The van der Waals surface area contributed by atoms with Crippen molar-refractivity contribution in [2.24, 2.45) is 5.92 Å². The Morgan fingerprint density at radius 3 is 2.25 bits per heavy atom. The van der Waals surface area contributed by atoms with Gasteiger partial charge < -0.3 is 30.1 Å². The number of benzene rings is 1. The molecule has 4 rings (SSSR count). The van der Waals surface area contributed by atoms with Crippen molar-refractivity contribution in [1.29, 1.82) is 0 Å². The van der Waals surface area contributed by atoms with Crippen LogP contribution in [0.3, 0.4) is 0 Å². The molecule has 5 N–H and O–H groups in total. The lowest BCUT2D eigenvalue weighted by Crippen LogP contribution is -2.57. The van der Waals surface area contributed by atoms with Crippen LogP contribution in [-0.2, 0) is 4.79 Å². The van der Waals surface area contributed by atoms with Crippen LogP contribution in [0.4, 0.5) is 10.1 Å². The summed E-state index contributed by atoms with van der Waals surface area (Å²) in [6, 6.07) is 2.16. The Hall–Kier alpha value is -1.62. The van der Waals surface area contributed by atoms with Crippen molar-refractivity contribution in [3.63, 3.8) is 0 Å². The lowest BCUT2D eigenvalue weighted by Gasteiger charge is -2.40. The van der Waals surface area contributed by atoms with Gasteiger partial charge >= 0.3 is 0 Å². The number of aliphatic hydroxyl groups is 4. The average Bonchev–Trinajstić information content (AvgIpc) is 2.91. The number of carbonyl (C=O) groups is 1. The number of carbonyl (C=O) groups excluding carboxylic acids is 1. The fourth-order valence-corrected chi connectivity index (χ4v) is 4.57. The van der Waals surface area contributed by atoms with E-state index in [-0.39, 0.29) is 11.5 Å². The van der Waals surface area contributed by atoms with Gasteiger partial charge in [-0.25, -0.2) is 9.29 Å². The molecule has 1 aromatic rings. The van der Waals surface area contributed by atoms with E-state index >= 15 is 0 Å². The van der Waals surface area contributed by atoms with Crippen LogP contribution in [0.15, 0.2) is 12.1 Å². The van der Waals surface area contributed by atoms with Crippen molar-refractivity contribution in [2.75, 3.05) is 18.0 Å². The van der Waals surface area contributed by atoms with Gasteiger partial charge in [-0.2, -0.15) is 0 Å². The SMILES string of the molecule is O=CC1CCN(c2cc3c(cc2F)C(O)N(C2CCC(O)NC2O)C3O)CC1. The van der Waals surface area contributed by atoms with E-state index < -0.39 is 36.8 Å². The van der Waals surface area contributed by atoms with Crippen molar-refractivity contribution in [3.8, 4) is 0 Å². The predicted molar refractivity (Wildman–Crippen MR) is 97.3 cm³/mol. The van der Waals surface area contributed by atoms with Gasteiger partial charge in [-0.3, -0.25) is 5.32 Å². The molecule has 0 amide bonds. The van der Waals surface area contributed by atoms with Crippen molar-refractivity contribution < 1.29 is 29.6 Å². The highest BCUT2D eigenvalue weighted by molar-refractivity contribution is 5.57. The number of piperidine rings is 2. The third kappa shape index (κ3) is 3.32. The highest BCUT2D eigenvalue weighted by Crippen LogP contribution is 2.45. The van der Waals surface area contributed by atoms with Crippen LogP contribution in [0, 0.1) is 11.7 Å². The van der Waals surface area contributed by atoms with Gasteiger partial charge in [0.25, 0.3) is 0 Å². The first-order valence-corrected chi connectivity index (χ1v) is 9.70. The lowest BCUT2D eigenvalue weighted by atomic mass is 9.97. The first-order valence-electron chi connectivity index (χ1n) is 9.70. The number of halogens is 1. The zero-order valence-electron chi connectivity index (χ0n) is 15.4. The highest BCUT2D eigenvalue weighted by Gasteiger charge is 2.45. The van der Waals surface area contributed by atoms with E-state index in [1.165, 1.54) is 11.0 Å². The Morgan fingerprint density at radius 2 is 1.64 bits per heavy atom. The van der Waals surface area contributed by atoms with Gasteiger partial charge in [-0.15, -0.1) is 0 Å². The van der Waals surface area contributed by atoms with Crippen molar-refractivity contribution in [3.05, 3.63) is 29.1 Å². The van der Waals surface area contributed by atoms with E-state index in [1.807, 2.05) is 4.90 Å². The molecule has 0 radical (unpaired) electrons. The van der Waals surface area contributed by atoms with Gasteiger partial charge in [-0.05, 0) is 37.8 Å². The quantitative estimate of drug-likeness (QED) is 0.452. The summed E-state index contributed by atoms with van der Waals surface area (Å²) in [6.45, 7) is 1.09. The van der Waals surface area contributed by atoms with Crippen molar-refractivity contribution in [2.45, 2.75) is 56.6 Å². The minimum absolute atomic E-state index is 0.00715. The van der Waals surface area contributed by atoms with E-state index in [2.05, 4.69) is 5.32 Å². The van der Waals surface area contributed by atoms with E-state index in [4.69, 9.17) is 0 Å². The summed E-state index contributed by atoms with van der Waals surface area (Å²) in [4.78, 5) is 14.1. The highest BCUT2D eigenvalue weighted by atomic mass is 19.1. The summed E-state index contributed by atoms with van der Waals surface area (Å²) in [5, 5.41) is 43.9. The Labute approximate surface area is 162 Å². The Balaban J connectivity index is 1.59. The van der Waals surface area contributed by atoms with Crippen LogP contribution >= 0.6 is 0 Å². The number of anilines is 1. The van der Waals surface area contributed by atoms with Crippen LogP contribution in [0.5, 0.6) is 0 Å². The molecule has 28 heavy (non-hydrogen) atoms. The zero-order valence-corrected chi connectivity index (χ0v) is 15.4. The van der Waals surface area contributed by atoms with Crippen LogP contribution in [0.1, 0.15) is 49.3 Å². The molecule has 0 aliphatic carbocycles. The first kappa shape index (κ1) is 19.7. The first-order chi connectivity index (χ1) is 13.4. The third-order valence-electron chi connectivity index (χ3n) is 6.19. The number of hydrogen-bond acceptors (Lipinski definition) is 8. The Kier molecular flexibility index (Phi) is 5.38. The topological polar surface area (TPSA) is 117 Å². The Bertz CT molecular complexity index is 743. The standard InChI is InChI=1S/C19H26FN3O5/c20-13-7-11-12(8-15(13)22-5-3-10(9-24)4-6-22)19(28)23(18(11)27)14-1-2-16(25)21-17(14)26/h7-10,14,16-19,21,25-28H,1-6H2. The molecule has 0 aromatic heterocycles. The molecule has 3 aliphatic heterocycles. The van der Waals surface area contributed by atoms with Crippen LogP contribution in [0.2, 0.25) is 0 Å². The van der Waals surface area contributed by atoms with Gasteiger partial charge in [0.15, 0.2) is 0 Å². The number of nitrogens with one attached hydrogen (secondary N) is 1. The molecule has 5 atom stereocenters. The van der Waals surface area contributed by atoms with Crippen LogP contribution < -0.4 is 10.2 Å². The average molecular weight is 395 g/mol. The maximum atomic E-state index is 14.8. The van der Waals surface area contributed by atoms with E-state index in [0.29, 0.717) is 50.0 Å². The second-order valence-electron chi connectivity index (χ2n) is 7.86. The Morgan fingerprint density at radius 1 is 1.00 bits per heavy atom. The van der Waals surface area contributed by atoms with E-state index in [0.717, 1.165) is 6.29 Å². The molecule has 3 aliphatic rings. The predicted octanol–water partition coefficient (Wildman–Crippen LogP) is -0.0728. The molecule has 5 unspecified atom stereocenters. The number of hydrogen-bond donors (Lipinski definition) is 5. The molecule has 8 nitrogen and oxygen atoms in total. The van der Waals surface area contributed by atoms with Gasteiger partial charge in [-0.1, -0.05) is 0 Å². The van der Waals surface area contributed by atoms with Crippen molar-refractivity contribution in [1.82, 2.24) is 10.2 Å². The second-order valence-corrected chi connectivity index (χ2v) is 7.86. The fraction of sp³-hybridized carbons (Fsp3) is 0.632. The molecule has 9 heteroatoms. The summed E-state index contributed by atoms with van der Waals surface area (Å²) in [5.74, 6) is -0.499. The number of aldehydes is 1. The molecule has 1 aromatic carbocycles. The second kappa shape index (κ2) is 7.66. The van der Waals surface area contributed by atoms with Gasteiger partial charge in [0, 0.05) is 30.1 Å². The fourth-order valence-electron chi connectivity index (χ4n) is 4.57. The molecular weight excluding hydrogens is 369 g/mol. The smallest absolute Gasteiger partial charge is 0.146 e. The summed E-state index contributed by atoms with van der Waals surface area (Å²) in [7, 11) is 0. The molecule has 2 fully saturated rings.